The summed E-state index contributed by atoms with van der Waals surface area (Å²) in [5.41, 5.74) is 2.41. The third kappa shape index (κ3) is 3.81. The molecule has 0 aliphatic rings. The van der Waals surface area contributed by atoms with Crippen molar-refractivity contribution in [2.45, 2.75) is 12.3 Å². The van der Waals surface area contributed by atoms with Gasteiger partial charge in [0.1, 0.15) is 5.82 Å². The summed E-state index contributed by atoms with van der Waals surface area (Å²) in [6.45, 7) is 0.424. The molecule has 0 saturated carbocycles. The smallest absolute Gasteiger partial charge is 0.224 e. The molecule has 0 saturated heterocycles. The van der Waals surface area contributed by atoms with E-state index in [-0.39, 0.29) is 28.8 Å². The maximum absolute atomic E-state index is 14.0. The molecular weight excluding hydrogens is 395 g/mol. The van der Waals surface area contributed by atoms with Crippen molar-refractivity contribution in [1.82, 2.24) is 10.3 Å². The van der Waals surface area contributed by atoms with Gasteiger partial charge < -0.3 is 10.3 Å². The number of aromatic nitrogens is 1. The number of H-pyrrole nitrogens is 1. The number of halogens is 2. The summed E-state index contributed by atoms with van der Waals surface area (Å²) in [4.78, 5) is 16.9. The largest absolute Gasteiger partial charge is 0.361 e. The van der Waals surface area contributed by atoms with Crippen LogP contribution in [-0.4, -0.2) is 17.4 Å². The Hall–Kier alpha value is -2.63. The third-order valence-electron chi connectivity index (χ3n) is 4.79. The van der Waals surface area contributed by atoms with Gasteiger partial charge in [-0.25, -0.2) is 4.39 Å². The van der Waals surface area contributed by atoms with Gasteiger partial charge in [0, 0.05) is 45.0 Å². The molecule has 0 fully saturated rings. The average molecular weight is 413 g/mol. The third-order valence-corrected chi connectivity index (χ3v) is 6.13. The molecule has 0 aliphatic heterocycles. The summed E-state index contributed by atoms with van der Waals surface area (Å²) < 4.78 is 14.0. The molecule has 4 aromatic rings. The number of hydrogen-bond donors (Lipinski definition) is 2. The van der Waals surface area contributed by atoms with Crippen molar-refractivity contribution in [3.8, 4) is 0 Å². The normalized spacial score (nSPS) is 12.2. The lowest BCUT2D eigenvalue weighted by atomic mass is 9.96. The van der Waals surface area contributed by atoms with Crippen LogP contribution in [0.4, 0.5) is 4.39 Å². The molecule has 2 heterocycles. The first-order chi connectivity index (χ1) is 13.6. The zero-order valence-corrected chi connectivity index (χ0v) is 16.5. The fourth-order valence-corrected chi connectivity index (χ4v) is 4.45. The van der Waals surface area contributed by atoms with Crippen LogP contribution < -0.4 is 5.32 Å². The summed E-state index contributed by atoms with van der Waals surface area (Å²) in [7, 11) is 0. The molecule has 2 aromatic heterocycles. The lowest BCUT2D eigenvalue weighted by Crippen LogP contribution is -2.30. The Bertz CT molecular complexity index is 1090. The Labute approximate surface area is 171 Å². The lowest BCUT2D eigenvalue weighted by Gasteiger charge is -2.16. The fourth-order valence-electron chi connectivity index (χ4n) is 3.38. The zero-order valence-electron chi connectivity index (χ0n) is 14.9. The van der Waals surface area contributed by atoms with Gasteiger partial charge in [-0.05, 0) is 35.2 Å². The summed E-state index contributed by atoms with van der Waals surface area (Å²) in [5.74, 6) is -0.710. The molecule has 2 aromatic carbocycles. The number of para-hydroxylation sites is 1. The van der Waals surface area contributed by atoms with Crippen LogP contribution in [0.3, 0.4) is 0 Å². The highest BCUT2D eigenvalue weighted by Crippen LogP contribution is 2.32. The molecular formula is C22H18ClFN2OS. The SMILES string of the molecule is O=C(Cc1c(F)cccc1Cl)NCC(c1cccs1)c1c[nH]c2ccccc12. The van der Waals surface area contributed by atoms with Gasteiger partial charge in [0.05, 0.1) is 6.42 Å². The molecule has 1 atom stereocenters. The molecule has 142 valence electrons. The molecule has 1 unspecified atom stereocenters. The second-order valence-corrected chi connectivity index (χ2v) is 7.93. The molecule has 0 aliphatic carbocycles. The maximum Gasteiger partial charge on any atom is 0.224 e. The first-order valence-electron chi connectivity index (χ1n) is 8.92. The van der Waals surface area contributed by atoms with Crippen LogP contribution in [0.5, 0.6) is 0 Å². The van der Waals surface area contributed by atoms with Crippen LogP contribution >= 0.6 is 22.9 Å². The van der Waals surface area contributed by atoms with E-state index >= 15 is 0 Å². The number of amides is 1. The Morgan fingerprint density at radius 2 is 2.00 bits per heavy atom. The first kappa shape index (κ1) is 18.7. The lowest BCUT2D eigenvalue weighted by molar-refractivity contribution is -0.120. The molecule has 2 N–H and O–H groups in total. The van der Waals surface area contributed by atoms with E-state index in [4.69, 9.17) is 11.6 Å². The quantitative estimate of drug-likeness (QED) is 0.430. The van der Waals surface area contributed by atoms with Gasteiger partial charge in [-0.2, -0.15) is 0 Å². The van der Waals surface area contributed by atoms with Crippen molar-refractivity contribution in [3.05, 3.63) is 93.0 Å². The van der Waals surface area contributed by atoms with Crippen LogP contribution in [0, 0.1) is 5.82 Å². The van der Waals surface area contributed by atoms with Crippen LogP contribution in [0.25, 0.3) is 10.9 Å². The Morgan fingerprint density at radius 3 is 2.79 bits per heavy atom. The molecule has 6 heteroatoms. The number of thiophene rings is 1. The monoisotopic (exact) mass is 412 g/mol. The Balaban J connectivity index is 1.55. The first-order valence-corrected chi connectivity index (χ1v) is 10.2. The minimum atomic E-state index is -0.464. The average Bonchev–Trinajstić information content (AvgIpc) is 3.36. The summed E-state index contributed by atoms with van der Waals surface area (Å²) in [6, 6.07) is 16.6. The minimum absolute atomic E-state index is 0.0104. The number of rotatable bonds is 6. The van der Waals surface area contributed by atoms with Crippen molar-refractivity contribution in [2.24, 2.45) is 0 Å². The zero-order chi connectivity index (χ0) is 19.5. The van der Waals surface area contributed by atoms with Crippen molar-refractivity contribution >= 4 is 39.7 Å². The predicted octanol–water partition coefficient (Wildman–Crippen LogP) is 5.51. The van der Waals surface area contributed by atoms with E-state index in [2.05, 4.69) is 22.4 Å². The molecule has 0 bridgehead atoms. The summed E-state index contributed by atoms with van der Waals surface area (Å²) in [6.07, 6.45) is 1.91. The highest BCUT2D eigenvalue weighted by Gasteiger charge is 2.20. The highest BCUT2D eigenvalue weighted by molar-refractivity contribution is 7.10. The van der Waals surface area contributed by atoms with E-state index < -0.39 is 5.82 Å². The highest BCUT2D eigenvalue weighted by atomic mass is 35.5. The molecule has 28 heavy (non-hydrogen) atoms. The van der Waals surface area contributed by atoms with E-state index in [1.165, 1.54) is 12.1 Å². The minimum Gasteiger partial charge on any atom is -0.361 e. The van der Waals surface area contributed by atoms with E-state index in [0.717, 1.165) is 21.3 Å². The Kier molecular flexibility index (Phi) is 5.46. The van der Waals surface area contributed by atoms with E-state index in [1.807, 2.05) is 35.8 Å². The number of fused-ring (bicyclic) bond motifs is 1. The predicted molar refractivity (Wildman–Crippen MR) is 113 cm³/mol. The van der Waals surface area contributed by atoms with E-state index in [0.29, 0.717) is 6.54 Å². The second kappa shape index (κ2) is 8.17. The molecule has 3 nitrogen and oxygen atoms in total. The second-order valence-electron chi connectivity index (χ2n) is 6.54. The molecule has 4 rings (SSSR count). The molecule has 0 radical (unpaired) electrons. The fraction of sp³-hybridized carbons (Fsp3) is 0.136. The summed E-state index contributed by atoms with van der Waals surface area (Å²) in [5, 5.41) is 6.38. The number of carbonyl (C=O) groups is 1. The van der Waals surface area contributed by atoms with Crippen LogP contribution in [0.1, 0.15) is 21.9 Å². The van der Waals surface area contributed by atoms with Gasteiger partial charge in [0.2, 0.25) is 5.91 Å². The van der Waals surface area contributed by atoms with Crippen molar-refractivity contribution in [2.75, 3.05) is 6.54 Å². The number of aromatic amines is 1. The van der Waals surface area contributed by atoms with Gasteiger partial charge in [-0.15, -0.1) is 11.3 Å². The van der Waals surface area contributed by atoms with Crippen LogP contribution in [0.2, 0.25) is 5.02 Å². The van der Waals surface area contributed by atoms with Gasteiger partial charge in [0.15, 0.2) is 0 Å². The molecule has 0 spiro atoms. The standard InChI is InChI=1S/C22H18ClFN2OS/c23-18-6-3-7-19(24)15(18)11-22(27)26-13-17(21-9-4-10-28-21)16-12-25-20-8-2-1-5-14(16)20/h1-10,12,17,25H,11,13H2,(H,26,27). The van der Waals surface area contributed by atoms with Crippen LogP contribution in [-0.2, 0) is 11.2 Å². The van der Waals surface area contributed by atoms with Gasteiger partial charge in [0.25, 0.3) is 0 Å². The van der Waals surface area contributed by atoms with E-state index in [1.54, 1.807) is 17.4 Å². The van der Waals surface area contributed by atoms with Crippen molar-refractivity contribution in [1.29, 1.82) is 0 Å². The topological polar surface area (TPSA) is 44.9 Å². The number of carbonyl (C=O) groups excluding carboxylic acids is 1. The van der Waals surface area contributed by atoms with Gasteiger partial charge >= 0.3 is 0 Å². The van der Waals surface area contributed by atoms with E-state index in [9.17, 15) is 9.18 Å². The van der Waals surface area contributed by atoms with Crippen LogP contribution in [0.15, 0.2) is 66.2 Å². The van der Waals surface area contributed by atoms with Crippen molar-refractivity contribution in [3.63, 3.8) is 0 Å². The number of hydrogen-bond acceptors (Lipinski definition) is 2. The number of nitrogens with one attached hydrogen (secondary N) is 2. The molecule has 1 amide bonds. The maximum atomic E-state index is 14.0. The summed E-state index contributed by atoms with van der Waals surface area (Å²) >= 11 is 7.69. The van der Waals surface area contributed by atoms with Gasteiger partial charge in [-0.3, -0.25) is 4.79 Å². The van der Waals surface area contributed by atoms with Crippen molar-refractivity contribution < 1.29 is 9.18 Å². The Morgan fingerprint density at radius 1 is 1.14 bits per heavy atom. The van der Waals surface area contributed by atoms with Gasteiger partial charge in [-0.1, -0.05) is 41.9 Å². The number of benzene rings is 2.